The Balaban J connectivity index is 1.85. The van der Waals surface area contributed by atoms with Crippen LogP contribution in [0.15, 0.2) is 29.2 Å². The van der Waals surface area contributed by atoms with E-state index in [-0.39, 0.29) is 5.56 Å². The molecule has 20 heavy (non-hydrogen) atoms. The number of anilines is 2. The normalized spacial score (nSPS) is 11.1. The third-order valence-electron chi connectivity index (χ3n) is 3.21. The maximum Gasteiger partial charge on any atom is 0.250 e. The van der Waals surface area contributed by atoms with E-state index in [4.69, 9.17) is 5.73 Å². The van der Waals surface area contributed by atoms with E-state index >= 15 is 0 Å². The van der Waals surface area contributed by atoms with Gasteiger partial charge in [-0.15, -0.1) is 0 Å². The van der Waals surface area contributed by atoms with Gasteiger partial charge in [0.15, 0.2) is 5.65 Å². The summed E-state index contributed by atoms with van der Waals surface area (Å²) in [6.45, 7) is 2.54. The van der Waals surface area contributed by atoms with Gasteiger partial charge < -0.3 is 15.6 Å². The van der Waals surface area contributed by atoms with Crippen molar-refractivity contribution in [3.8, 4) is 0 Å². The predicted molar refractivity (Wildman–Crippen MR) is 77.7 cm³/mol. The highest BCUT2D eigenvalue weighted by Gasteiger charge is 2.09. The Morgan fingerprint density at radius 3 is 2.95 bits per heavy atom. The molecule has 3 rings (SSSR count). The van der Waals surface area contributed by atoms with E-state index in [0.29, 0.717) is 12.4 Å². The molecule has 7 nitrogen and oxygen atoms in total. The number of aromatic nitrogens is 4. The van der Waals surface area contributed by atoms with E-state index in [1.807, 2.05) is 23.7 Å². The first kappa shape index (κ1) is 12.3. The molecule has 0 atom stereocenters. The molecule has 0 spiro atoms. The van der Waals surface area contributed by atoms with Gasteiger partial charge in [0.25, 0.3) is 0 Å². The number of aryl methyl sites for hydroxylation is 2. The summed E-state index contributed by atoms with van der Waals surface area (Å²) in [5.74, 6) is 1.31. The van der Waals surface area contributed by atoms with Crippen LogP contribution in [0.1, 0.15) is 11.3 Å². The van der Waals surface area contributed by atoms with Crippen molar-refractivity contribution < 1.29 is 0 Å². The van der Waals surface area contributed by atoms with Crippen LogP contribution in [0.4, 0.5) is 11.6 Å². The SMILES string of the molecule is Cc1[nH]n2c(NCc3ccc(=O)n(C)c3)cc(N)nc12. The molecule has 0 radical (unpaired) electrons. The van der Waals surface area contributed by atoms with Gasteiger partial charge in [-0.05, 0) is 12.5 Å². The van der Waals surface area contributed by atoms with Crippen LogP contribution in [0, 0.1) is 6.92 Å². The van der Waals surface area contributed by atoms with Gasteiger partial charge in [0, 0.05) is 31.9 Å². The summed E-state index contributed by atoms with van der Waals surface area (Å²) in [7, 11) is 1.73. The molecule has 0 bridgehead atoms. The molecule has 0 saturated heterocycles. The lowest BCUT2D eigenvalue weighted by Crippen LogP contribution is -2.17. The molecule has 7 heteroatoms. The predicted octanol–water partition coefficient (Wildman–Crippen LogP) is 0.864. The molecule has 3 aromatic heterocycles. The minimum atomic E-state index is -0.0211. The summed E-state index contributed by atoms with van der Waals surface area (Å²) in [4.78, 5) is 15.6. The van der Waals surface area contributed by atoms with E-state index in [9.17, 15) is 4.79 Å². The number of hydrogen-bond acceptors (Lipinski definition) is 4. The topological polar surface area (TPSA) is 93.1 Å². The molecule has 4 N–H and O–H groups in total. The summed E-state index contributed by atoms with van der Waals surface area (Å²) in [6, 6.07) is 5.13. The van der Waals surface area contributed by atoms with E-state index in [1.54, 1.807) is 23.7 Å². The van der Waals surface area contributed by atoms with Crippen molar-refractivity contribution >= 4 is 17.3 Å². The standard InChI is InChI=1S/C13H16N6O/c1-8-13-16-10(14)5-11(19(13)17-8)15-6-9-3-4-12(20)18(2)7-9/h3-5,7,15,17H,6H2,1-2H3,(H2,14,16). The van der Waals surface area contributed by atoms with E-state index in [1.165, 1.54) is 0 Å². The van der Waals surface area contributed by atoms with E-state index in [2.05, 4.69) is 15.4 Å². The van der Waals surface area contributed by atoms with Crippen LogP contribution >= 0.6 is 0 Å². The third-order valence-corrected chi connectivity index (χ3v) is 3.21. The zero-order valence-corrected chi connectivity index (χ0v) is 11.3. The van der Waals surface area contributed by atoms with Crippen LogP contribution in [-0.2, 0) is 13.6 Å². The summed E-state index contributed by atoms with van der Waals surface area (Å²) in [5.41, 5.74) is 8.59. The molecular weight excluding hydrogens is 256 g/mol. The lowest BCUT2D eigenvalue weighted by molar-refractivity contribution is 0.809. The van der Waals surface area contributed by atoms with Crippen LogP contribution in [-0.4, -0.2) is 19.2 Å². The minimum Gasteiger partial charge on any atom is -0.384 e. The van der Waals surface area contributed by atoms with Gasteiger partial charge in [-0.2, -0.15) is 0 Å². The molecule has 0 aliphatic rings. The van der Waals surface area contributed by atoms with Gasteiger partial charge in [-0.25, -0.2) is 9.50 Å². The number of aromatic amines is 1. The van der Waals surface area contributed by atoms with Crippen molar-refractivity contribution in [3.05, 3.63) is 46.0 Å². The lowest BCUT2D eigenvalue weighted by Gasteiger charge is -2.17. The van der Waals surface area contributed by atoms with Gasteiger partial charge in [-0.1, -0.05) is 6.07 Å². The number of nitrogens with two attached hydrogens (primary N) is 1. The van der Waals surface area contributed by atoms with Crippen LogP contribution in [0.5, 0.6) is 0 Å². The van der Waals surface area contributed by atoms with Gasteiger partial charge in [0.05, 0.1) is 5.69 Å². The number of nitrogens with one attached hydrogen (secondary N) is 2. The second-order valence-electron chi connectivity index (χ2n) is 4.80. The first-order valence-electron chi connectivity index (χ1n) is 6.27. The summed E-state index contributed by atoms with van der Waals surface area (Å²) in [5, 5.41) is 6.42. The van der Waals surface area contributed by atoms with Crippen molar-refractivity contribution in [1.82, 2.24) is 19.2 Å². The molecule has 0 aliphatic heterocycles. The molecule has 3 aromatic rings. The number of nitrogen functional groups attached to an aromatic ring is 1. The largest absolute Gasteiger partial charge is 0.384 e. The number of H-pyrrole nitrogens is 1. The van der Waals surface area contributed by atoms with Crippen molar-refractivity contribution in [2.75, 3.05) is 11.1 Å². The molecule has 0 saturated carbocycles. The minimum absolute atomic E-state index is 0.0211. The summed E-state index contributed by atoms with van der Waals surface area (Å²) in [6.07, 6.45) is 1.81. The first-order valence-corrected chi connectivity index (χ1v) is 6.27. The third kappa shape index (κ3) is 2.03. The Labute approximate surface area is 115 Å². The highest BCUT2D eigenvalue weighted by atomic mass is 16.1. The smallest absolute Gasteiger partial charge is 0.250 e. The number of nitrogens with zero attached hydrogens (tertiary/aromatic N) is 3. The zero-order chi connectivity index (χ0) is 14.3. The van der Waals surface area contributed by atoms with Crippen LogP contribution in [0.25, 0.3) is 5.65 Å². The fourth-order valence-electron chi connectivity index (χ4n) is 2.13. The van der Waals surface area contributed by atoms with Gasteiger partial charge in [0.2, 0.25) is 5.56 Å². The monoisotopic (exact) mass is 272 g/mol. The Morgan fingerprint density at radius 1 is 1.45 bits per heavy atom. The molecule has 0 fully saturated rings. The summed E-state index contributed by atoms with van der Waals surface area (Å²) >= 11 is 0. The second kappa shape index (κ2) is 4.44. The van der Waals surface area contributed by atoms with Gasteiger partial charge in [0.1, 0.15) is 11.6 Å². The quantitative estimate of drug-likeness (QED) is 0.659. The maximum atomic E-state index is 11.3. The Kier molecular flexibility index (Phi) is 2.74. The fraction of sp³-hybridized carbons (Fsp3) is 0.231. The van der Waals surface area contributed by atoms with Crippen LogP contribution < -0.4 is 16.6 Å². The second-order valence-corrected chi connectivity index (χ2v) is 4.80. The number of pyridine rings is 1. The van der Waals surface area contributed by atoms with E-state index in [0.717, 1.165) is 22.7 Å². The zero-order valence-electron chi connectivity index (χ0n) is 11.3. The van der Waals surface area contributed by atoms with Gasteiger partial charge >= 0.3 is 0 Å². The molecule has 0 aromatic carbocycles. The van der Waals surface area contributed by atoms with Crippen molar-refractivity contribution in [2.24, 2.45) is 7.05 Å². The van der Waals surface area contributed by atoms with Crippen molar-refractivity contribution in [1.29, 1.82) is 0 Å². The molecule has 0 aliphatic carbocycles. The number of hydrogen-bond donors (Lipinski definition) is 3. The fourth-order valence-corrected chi connectivity index (χ4v) is 2.13. The van der Waals surface area contributed by atoms with Gasteiger partial charge in [-0.3, -0.25) is 9.89 Å². The molecule has 3 heterocycles. The molecule has 104 valence electrons. The Bertz CT molecular complexity index is 825. The lowest BCUT2D eigenvalue weighted by atomic mass is 10.3. The molecule has 0 amide bonds. The first-order chi connectivity index (χ1) is 9.54. The maximum absolute atomic E-state index is 11.3. The highest BCUT2D eigenvalue weighted by molar-refractivity contribution is 5.58. The number of rotatable bonds is 3. The number of fused-ring (bicyclic) bond motifs is 1. The van der Waals surface area contributed by atoms with E-state index < -0.39 is 0 Å². The summed E-state index contributed by atoms with van der Waals surface area (Å²) < 4.78 is 3.40. The van der Waals surface area contributed by atoms with Crippen molar-refractivity contribution in [3.63, 3.8) is 0 Å². The highest BCUT2D eigenvalue weighted by Crippen LogP contribution is 2.18. The Hall–Kier alpha value is -2.70. The molecular formula is C13H16N6O. The average molecular weight is 272 g/mol. The van der Waals surface area contributed by atoms with Crippen LogP contribution in [0.3, 0.4) is 0 Å². The molecule has 0 unspecified atom stereocenters. The van der Waals surface area contributed by atoms with Crippen molar-refractivity contribution in [2.45, 2.75) is 13.5 Å². The average Bonchev–Trinajstić information content (AvgIpc) is 2.41. The van der Waals surface area contributed by atoms with Crippen LogP contribution in [0.2, 0.25) is 0 Å². The Morgan fingerprint density at radius 2 is 2.25 bits per heavy atom.